The van der Waals surface area contributed by atoms with Gasteiger partial charge in [-0.1, -0.05) is 35.3 Å². The predicted octanol–water partition coefficient (Wildman–Crippen LogP) is 3.55. The van der Waals surface area contributed by atoms with Gasteiger partial charge in [-0.25, -0.2) is 4.98 Å². The summed E-state index contributed by atoms with van der Waals surface area (Å²) in [6.45, 7) is 3.24. The van der Waals surface area contributed by atoms with E-state index in [2.05, 4.69) is 15.2 Å². The van der Waals surface area contributed by atoms with Gasteiger partial charge in [-0.2, -0.15) is 0 Å². The van der Waals surface area contributed by atoms with Gasteiger partial charge >= 0.3 is 0 Å². The van der Waals surface area contributed by atoms with Crippen LogP contribution >= 0.6 is 23.2 Å². The standard InChI is InChI=1S/C20H17Cl2N5O2/c1-11-4-2-7-15(23-11)18-24-25-19-16-10-29-9-12(8-26(18)19)27(16)20(28)13-5-3-6-14(21)17(13)22/h2-7,12,16H,8-10H2,1H3/t12-,16-/m1/s1. The van der Waals surface area contributed by atoms with Crippen molar-refractivity contribution in [3.05, 3.63) is 63.5 Å². The number of halogens is 2. The quantitative estimate of drug-likeness (QED) is 0.622. The predicted molar refractivity (Wildman–Crippen MR) is 108 cm³/mol. The van der Waals surface area contributed by atoms with Crippen LogP contribution in [0.2, 0.25) is 10.0 Å². The molecule has 7 nitrogen and oxygen atoms in total. The molecule has 1 fully saturated rings. The number of hydrogen-bond donors (Lipinski definition) is 0. The first kappa shape index (κ1) is 18.5. The van der Waals surface area contributed by atoms with Crippen molar-refractivity contribution >= 4 is 29.1 Å². The summed E-state index contributed by atoms with van der Waals surface area (Å²) in [5.74, 6) is 1.21. The first-order valence-electron chi connectivity index (χ1n) is 9.26. The van der Waals surface area contributed by atoms with Crippen LogP contribution in [0.3, 0.4) is 0 Å². The highest BCUT2D eigenvalue weighted by atomic mass is 35.5. The highest BCUT2D eigenvalue weighted by Gasteiger charge is 2.44. The van der Waals surface area contributed by atoms with Crippen molar-refractivity contribution < 1.29 is 9.53 Å². The molecular formula is C20H17Cl2N5O2. The molecule has 2 bridgehead atoms. The lowest BCUT2D eigenvalue weighted by Gasteiger charge is -2.45. The fourth-order valence-corrected chi connectivity index (χ4v) is 4.38. The van der Waals surface area contributed by atoms with Gasteiger partial charge in [0.05, 0.1) is 34.9 Å². The Labute approximate surface area is 177 Å². The van der Waals surface area contributed by atoms with Gasteiger partial charge in [0.2, 0.25) is 0 Å². The Morgan fingerprint density at radius 3 is 2.79 bits per heavy atom. The topological polar surface area (TPSA) is 73.1 Å². The fourth-order valence-electron chi connectivity index (χ4n) is 4.00. The summed E-state index contributed by atoms with van der Waals surface area (Å²) < 4.78 is 7.79. The monoisotopic (exact) mass is 429 g/mol. The van der Waals surface area contributed by atoms with Crippen molar-refractivity contribution in [1.29, 1.82) is 0 Å². The van der Waals surface area contributed by atoms with E-state index in [4.69, 9.17) is 27.9 Å². The Balaban J connectivity index is 1.56. The highest BCUT2D eigenvalue weighted by Crippen LogP contribution is 2.37. The molecule has 2 aliphatic heterocycles. The molecule has 0 N–H and O–H groups in total. The minimum Gasteiger partial charge on any atom is -0.377 e. The lowest BCUT2D eigenvalue weighted by Crippen LogP contribution is -2.56. The molecule has 2 aromatic heterocycles. The van der Waals surface area contributed by atoms with Crippen molar-refractivity contribution in [2.75, 3.05) is 13.2 Å². The molecule has 5 rings (SSSR count). The number of carbonyl (C=O) groups is 1. The maximum absolute atomic E-state index is 13.4. The Bertz CT molecular complexity index is 1120. The van der Waals surface area contributed by atoms with E-state index in [0.29, 0.717) is 42.0 Å². The van der Waals surface area contributed by atoms with E-state index in [9.17, 15) is 4.79 Å². The van der Waals surface area contributed by atoms with E-state index in [0.717, 1.165) is 11.4 Å². The SMILES string of the molecule is Cc1cccc(-c2nnc3n2C[C@@H]2COC[C@H]3N2C(=O)c2cccc(Cl)c2Cl)n1. The molecule has 4 heterocycles. The number of amides is 1. The second kappa shape index (κ2) is 7.09. The number of nitrogens with zero attached hydrogens (tertiary/aromatic N) is 5. The van der Waals surface area contributed by atoms with Crippen LogP contribution in [0.4, 0.5) is 0 Å². The molecule has 1 saturated heterocycles. The van der Waals surface area contributed by atoms with Crippen molar-refractivity contribution in [3.63, 3.8) is 0 Å². The fraction of sp³-hybridized carbons (Fsp3) is 0.300. The van der Waals surface area contributed by atoms with Crippen LogP contribution in [0.5, 0.6) is 0 Å². The Kier molecular flexibility index (Phi) is 4.53. The number of ether oxygens (including phenoxy) is 1. The van der Waals surface area contributed by atoms with E-state index in [1.807, 2.05) is 29.7 Å². The third-order valence-corrected chi connectivity index (χ3v) is 6.14. The summed E-state index contributed by atoms with van der Waals surface area (Å²) in [5.41, 5.74) is 2.05. The number of aromatic nitrogens is 4. The largest absolute Gasteiger partial charge is 0.377 e. The summed E-state index contributed by atoms with van der Waals surface area (Å²) in [6, 6.07) is 10.4. The average molecular weight is 430 g/mol. The Morgan fingerprint density at radius 1 is 1.14 bits per heavy atom. The van der Waals surface area contributed by atoms with E-state index in [1.165, 1.54) is 0 Å². The number of benzene rings is 1. The van der Waals surface area contributed by atoms with Gasteiger partial charge in [-0.05, 0) is 31.2 Å². The second-order valence-electron chi connectivity index (χ2n) is 7.18. The van der Waals surface area contributed by atoms with Crippen LogP contribution in [0.1, 0.15) is 27.9 Å². The maximum atomic E-state index is 13.4. The molecular weight excluding hydrogens is 413 g/mol. The van der Waals surface area contributed by atoms with Crippen LogP contribution in [0.25, 0.3) is 11.5 Å². The van der Waals surface area contributed by atoms with Crippen LogP contribution < -0.4 is 0 Å². The zero-order valence-corrected chi connectivity index (χ0v) is 17.1. The number of aryl methyl sites for hydroxylation is 1. The molecule has 3 aromatic rings. The molecule has 148 valence electrons. The van der Waals surface area contributed by atoms with Gasteiger partial charge < -0.3 is 14.2 Å². The molecule has 0 radical (unpaired) electrons. The molecule has 0 unspecified atom stereocenters. The first-order valence-corrected chi connectivity index (χ1v) is 10.0. The van der Waals surface area contributed by atoms with Gasteiger partial charge in [0.15, 0.2) is 11.6 Å². The molecule has 0 spiro atoms. The summed E-state index contributed by atoms with van der Waals surface area (Å²) in [4.78, 5) is 19.8. The number of rotatable bonds is 2. The molecule has 29 heavy (non-hydrogen) atoms. The lowest BCUT2D eigenvalue weighted by molar-refractivity contribution is -0.0569. The summed E-state index contributed by atoms with van der Waals surface area (Å²) in [5, 5.41) is 9.38. The third-order valence-electron chi connectivity index (χ3n) is 5.32. The van der Waals surface area contributed by atoms with Crippen LogP contribution in [0, 0.1) is 6.92 Å². The molecule has 2 aliphatic rings. The summed E-state index contributed by atoms with van der Waals surface area (Å²) >= 11 is 12.4. The number of hydrogen-bond acceptors (Lipinski definition) is 5. The zero-order valence-electron chi connectivity index (χ0n) is 15.5. The Morgan fingerprint density at radius 2 is 1.97 bits per heavy atom. The van der Waals surface area contributed by atoms with E-state index in [-0.39, 0.29) is 23.0 Å². The Hall–Kier alpha value is -2.48. The number of pyridine rings is 1. The molecule has 9 heteroatoms. The zero-order chi connectivity index (χ0) is 20.1. The molecule has 0 saturated carbocycles. The highest BCUT2D eigenvalue weighted by molar-refractivity contribution is 6.43. The van der Waals surface area contributed by atoms with Gasteiger partial charge in [0.25, 0.3) is 5.91 Å². The van der Waals surface area contributed by atoms with Crippen molar-refractivity contribution in [2.24, 2.45) is 0 Å². The number of morpholine rings is 1. The minimum atomic E-state index is -0.351. The summed E-state index contributed by atoms with van der Waals surface area (Å²) in [7, 11) is 0. The minimum absolute atomic E-state index is 0.164. The van der Waals surface area contributed by atoms with Gasteiger partial charge in [0, 0.05) is 12.2 Å². The van der Waals surface area contributed by atoms with Crippen molar-refractivity contribution in [1.82, 2.24) is 24.6 Å². The van der Waals surface area contributed by atoms with Crippen molar-refractivity contribution in [3.8, 4) is 11.5 Å². The maximum Gasteiger partial charge on any atom is 0.256 e. The van der Waals surface area contributed by atoms with E-state index >= 15 is 0 Å². The number of fused-ring (bicyclic) bond motifs is 4. The van der Waals surface area contributed by atoms with E-state index < -0.39 is 0 Å². The molecule has 1 aromatic carbocycles. The van der Waals surface area contributed by atoms with Crippen LogP contribution in [0.15, 0.2) is 36.4 Å². The third kappa shape index (κ3) is 3.01. The molecule has 2 atom stereocenters. The first-order chi connectivity index (χ1) is 14.0. The molecule has 1 amide bonds. The lowest BCUT2D eigenvalue weighted by atomic mass is 10.0. The normalized spacial score (nSPS) is 20.4. The smallest absolute Gasteiger partial charge is 0.256 e. The van der Waals surface area contributed by atoms with Crippen molar-refractivity contribution in [2.45, 2.75) is 25.6 Å². The van der Waals surface area contributed by atoms with Crippen LogP contribution in [-0.4, -0.2) is 49.8 Å². The van der Waals surface area contributed by atoms with Gasteiger partial charge in [-0.3, -0.25) is 4.79 Å². The average Bonchev–Trinajstić information content (AvgIpc) is 3.12. The second-order valence-corrected chi connectivity index (χ2v) is 7.96. The van der Waals surface area contributed by atoms with E-state index in [1.54, 1.807) is 23.1 Å². The van der Waals surface area contributed by atoms with Gasteiger partial charge in [-0.15, -0.1) is 10.2 Å². The van der Waals surface area contributed by atoms with Gasteiger partial charge in [0.1, 0.15) is 11.7 Å². The van der Waals surface area contributed by atoms with Crippen LogP contribution in [-0.2, 0) is 11.3 Å². The number of carbonyl (C=O) groups excluding carboxylic acids is 1. The molecule has 0 aliphatic carbocycles. The summed E-state index contributed by atoms with van der Waals surface area (Å²) in [6.07, 6.45) is 0.